The van der Waals surface area contributed by atoms with Gasteiger partial charge in [-0.1, -0.05) is 37.0 Å². The lowest BCUT2D eigenvalue weighted by Gasteiger charge is -2.31. The zero-order chi connectivity index (χ0) is 21.4. The first-order valence-corrected chi connectivity index (χ1v) is 11.3. The average molecular weight is 421 g/mol. The van der Waals surface area contributed by atoms with Crippen molar-refractivity contribution in [2.45, 2.75) is 58.9 Å². The van der Waals surface area contributed by atoms with Gasteiger partial charge in [0, 0.05) is 18.8 Å². The van der Waals surface area contributed by atoms with Crippen molar-refractivity contribution in [3.63, 3.8) is 0 Å². The van der Waals surface area contributed by atoms with Gasteiger partial charge in [0.1, 0.15) is 0 Å². The number of ether oxygens (including phenoxy) is 1. The second-order valence-electron chi connectivity index (χ2n) is 7.77. The number of carbonyl (C=O) groups excluding carboxylic acids is 3. The molecule has 1 aromatic carbocycles. The van der Waals surface area contributed by atoms with E-state index in [1.165, 1.54) is 31.0 Å². The number of hydrogen-bond acceptors (Lipinski definition) is 5. The van der Waals surface area contributed by atoms with Crippen molar-refractivity contribution in [3.8, 4) is 0 Å². The van der Waals surface area contributed by atoms with Gasteiger partial charge in [-0.05, 0) is 44.7 Å². The first kappa shape index (κ1) is 23.3. The lowest BCUT2D eigenvalue weighted by molar-refractivity contribution is -0.144. The molecule has 29 heavy (non-hydrogen) atoms. The Morgan fingerprint density at radius 1 is 1.07 bits per heavy atom. The summed E-state index contributed by atoms with van der Waals surface area (Å²) in [6.45, 7) is 5.53. The Hall–Kier alpha value is -2.02. The molecule has 1 N–H and O–H groups in total. The van der Waals surface area contributed by atoms with Crippen molar-refractivity contribution < 1.29 is 19.1 Å². The van der Waals surface area contributed by atoms with Crippen LogP contribution in [-0.2, 0) is 19.1 Å². The van der Waals surface area contributed by atoms with Gasteiger partial charge < -0.3 is 15.0 Å². The number of aryl methyl sites for hydroxylation is 3. The molecule has 1 aliphatic rings. The van der Waals surface area contributed by atoms with Crippen molar-refractivity contribution in [2.75, 3.05) is 30.5 Å². The van der Waals surface area contributed by atoms with Gasteiger partial charge >= 0.3 is 5.97 Å². The molecule has 2 rings (SSSR count). The fraction of sp³-hybridized carbons (Fsp3) is 0.591. The summed E-state index contributed by atoms with van der Waals surface area (Å²) in [7, 11) is 1.84. The number of carbonyl (C=O) groups is 3. The fourth-order valence-electron chi connectivity index (χ4n) is 3.74. The van der Waals surface area contributed by atoms with Crippen LogP contribution in [0.3, 0.4) is 0 Å². The van der Waals surface area contributed by atoms with Gasteiger partial charge in [0.15, 0.2) is 6.61 Å². The molecule has 160 valence electrons. The Bertz CT molecular complexity index is 721. The molecule has 2 amide bonds. The Balaban J connectivity index is 1.67. The number of anilines is 1. The average Bonchev–Trinajstić information content (AvgIpc) is 2.69. The molecule has 6 nitrogen and oxygen atoms in total. The normalized spacial score (nSPS) is 14.3. The Kier molecular flexibility index (Phi) is 9.01. The van der Waals surface area contributed by atoms with E-state index in [9.17, 15) is 14.4 Å². The summed E-state index contributed by atoms with van der Waals surface area (Å²) in [6.07, 6.45) is 5.71. The van der Waals surface area contributed by atoms with Crippen LogP contribution in [0.25, 0.3) is 0 Å². The highest BCUT2D eigenvalue weighted by molar-refractivity contribution is 8.00. The lowest BCUT2D eigenvalue weighted by Crippen LogP contribution is -2.39. The molecule has 1 aliphatic carbocycles. The monoisotopic (exact) mass is 420 g/mol. The topological polar surface area (TPSA) is 75.7 Å². The molecule has 0 aliphatic heterocycles. The maximum absolute atomic E-state index is 12.3. The number of benzene rings is 1. The number of nitrogens with zero attached hydrogens (tertiary/aromatic N) is 1. The summed E-state index contributed by atoms with van der Waals surface area (Å²) < 4.78 is 5.04. The number of esters is 1. The quantitative estimate of drug-likeness (QED) is 0.650. The molecule has 1 fully saturated rings. The first-order chi connectivity index (χ1) is 13.8. The third-order valence-electron chi connectivity index (χ3n) is 5.27. The molecule has 0 atom stereocenters. The van der Waals surface area contributed by atoms with E-state index in [-0.39, 0.29) is 29.9 Å². The van der Waals surface area contributed by atoms with E-state index >= 15 is 0 Å². The van der Waals surface area contributed by atoms with Crippen LogP contribution in [0, 0.1) is 20.8 Å². The molecule has 7 heteroatoms. The summed E-state index contributed by atoms with van der Waals surface area (Å²) in [5, 5.41) is 2.80. The SMILES string of the molecule is Cc1cc(C)c(NC(=O)COC(=O)CSCC(=O)N(C)C2CCCCC2)c(C)c1. The van der Waals surface area contributed by atoms with E-state index in [1.807, 2.05) is 44.9 Å². The molecule has 0 radical (unpaired) electrons. The van der Waals surface area contributed by atoms with Crippen LogP contribution in [0.15, 0.2) is 12.1 Å². The standard InChI is InChI=1S/C22H32N2O4S/c1-15-10-16(2)22(17(3)11-15)23-19(25)12-28-21(27)14-29-13-20(26)24(4)18-8-6-5-7-9-18/h10-11,18H,5-9,12-14H2,1-4H3,(H,23,25). The van der Waals surface area contributed by atoms with Crippen LogP contribution in [0.1, 0.15) is 48.8 Å². The van der Waals surface area contributed by atoms with Crippen molar-refractivity contribution >= 4 is 35.2 Å². The third kappa shape index (κ3) is 7.38. The minimum absolute atomic E-state index is 0.0396. The van der Waals surface area contributed by atoms with Gasteiger partial charge in [0.2, 0.25) is 5.91 Å². The summed E-state index contributed by atoms with van der Waals surface area (Å²) in [6, 6.07) is 4.31. The highest BCUT2D eigenvalue weighted by atomic mass is 32.2. The molecule has 0 unspecified atom stereocenters. The number of amides is 2. The smallest absolute Gasteiger partial charge is 0.316 e. The van der Waals surface area contributed by atoms with Crippen molar-refractivity contribution in [3.05, 3.63) is 28.8 Å². The Labute approximate surface area is 177 Å². The highest BCUT2D eigenvalue weighted by Crippen LogP contribution is 2.23. The third-order valence-corrected chi connectivity index (χ3v) is 6.16. The molecule has 0 spiro atoms. The summed E-state index contributed by atoms with van der Waals surface area (Å²) in [5.74, 6) is -0.518. The summed E-state index contributed by atoms with van der Waals surface area (Å²) in [5.41, 5.74) is 3.82. The van der Waals surface area contributed by atoms with Crippen LogP contribution in [0.4, 0.5) is 5.69 Å². The highest BCUT2D eigenvalue weighted by Gasteiger charge is 2.22. The van der Waals surface area contributed by atoms with Gasteiger partial charge in [-0.25, -0.2) is 0 Å². The maximum atomic E-state index is 12.3. The van der Waals surface area contributed by atoms with E-state index in [1.54, 1.807) is 0 Å². The van der Waals surface area contributed by atoms with Gasteiger partial charge in [0.25, 0.3) is 5.91 Å². The van der Waals surface area contributed by atoms with Gasteiger partial charge in [0.05, 0.1) is 11.5 Å². The van der Waals surface area contributed by atoms with Crippen molar-refractivity contribution in [1.29, 1.82) is 0 Å². The van der Waals surface area contributed by atoms with Gasteiger partial charge in [-0.2, -0.15) is 0 Å². The molecular formula is C22H32N2O4S. The van der Waals surface area contributed by atoms with Crippen LogP contribution in [0.5, 0.6) is 0 Å². The van der Waals surface area contributed by atoms with E-state index in [0.717, 1.165) is 35.2 Å². The van der Waals surface area contributed by atoms with Gasteiger partial charge in [-0.3, -0.25) is 14.4 Å². The second-order valence-corrected chi connectivity index (χ2v) is 8.76. The molecular weight excluding hydrogens is 388 g/mol. The van der Waals surface area contributed by atoms with E-state index in [4.69, 9.17) is 4.74 Å². The number of thioether (sulfide) groups is 1. The zero-order valence-corrected chi connectivity index (χ0v) is 18.7. The Morgan fingerprint density at radius 3 is 2.31 bits per heavy atom. The number of rotatable bonds is 8. The lowest BCUT2D eigenvalue weighted by atomic mass is 9.94. The molecule has 1 aromatic rings. The molecule has 0 saturated heterocycles. The zero-order valence-electron chi connectivity index (χ0n) is 17.9. The van der Waals surface area contributed by atoms with E-state index in [2.05, 4.69) is 5.32 Å². The summed E-state index contributed by atoms with van der Waals surface area (Å²) in [4.78, 5) is 38.1. The molecule has 0 bridgehead atoms. The maximum Gasteiger partial charge on any atom is 0.316 e. The first-order valence-electron chi connectivity index (χ1n) is 10.1. The van der Waals surface area contributed by atoms with Crippen LogP contribution >= 0.6 is 11.8 Å². The van der Waals surface area contributed by atoms with E-state index in [0.29, 0.717) is 6.04 Å². The number of nitrogens with one attached hydrogen (secondary N) is 1. The predicted octanol–water partition coefficient (Wildman–Crippen LogP) is 3.62. The number of hydrogen-bond donors (Lipinski definition) is 1. The minimum Gasteiger partial charge on any atom is -0.455 e. The second kappa shape index (κ2) is 11.2. The van der Waals surface area contributed by atoms with E-state index < -0.39 is 5.97 Å². The molecule has 1 saturated carbocycles. The largest absolute Gasteiger partial charge is 0.455 e. The fourth-order valence-corrected chi connectivity index (χ4v) is 4.47. The van der Waals surface area contributed by atoms with Crippen molar-refractivity contribution in [2.24, 2.45) is 0 Å². The van der Waals surface area contributed by atoms with Crippen molar-refractivity contribution in [1.82, 2.24) is 4.90 Å². The van der Waals surface area contributed by atoms with Crippen LogP contribution in [0.2, 0.25) is 0 Å². The summed E-state index contributed by atoms with van der Waals surface area (Å²) >= 11 is 1.23. The Morgan fingerprint density at radius 2 is 1.69 bits per heavy atom. The van der Waals surface area contributed by atoms with Gasteiger partial charge in [-0.15, -0.1) is 11.8 Å². The molecule has 0 heterocycles. The van der Waals surface area contributed by atoms with Crippen LogP contribution in [-0.4, -0.2) is 53.9 Å². The van der Waals surface area contributed by atoms with Crippen LogP contribution < -0.4 is 5.32 Å². The molecule has 0 aromatic heterocycles. The minimum atomic E-state index is -0.490. The predicted molar refractivity (Wildman–Crippen MR) is 117 cm³/mol.